The van der Waals surface area contributed by atoms with E-state index in [0.717, 1.165) is 5.56 Å². The third-order valence-electron chi connectivity index (χ3n) is 3.20. The van der Waals surface area contributed by atoms with Crippen LogP contribution in [0.25, 0.3) is 12.7 Å². The first-order valence-corrected chi connectivity index (χ1v) is 7.79. The Kier molecular flexibility index (Phi) is 4.30. The number of thiazole rings is 1. The number of rotatable bonds is 4. The molecule has 4 nitrogen and oxygen atoms in total. The maximum absolute atomic E-state index is 11.8. The van der Waals surface area contributed by atoms with Crippen molar-refractivity contribution >= 4 is 24.0 Å². The average molecular weight is 325 g/mol. The molecule has 0 saturated heterocycles. The minimum Gasteiger partial charge on any atom is -0.493 e. The highest BCUT2D eigenvalue weighted by Gasteiger charge is 2.07. The molecule has 0 atom stereocenters. The van der Waals surface area contributed by atoms with E-state index in [1.165, 1.54) is 11.3 Å². The van der Waals surface area contributed by atoms with Crippen molar-refractivity contribution in [3.63, 3.8) is 0 Å². The van der Waals surface area contributed by atoms with Gasteiger partial charge in [-0.05, 0) is 24.3 Å². The van der Waals surface area contributed by atoms with Gasteiger partial charge in [0.1, 0.15) is 5.75 Å². The van der Waals surface area contributed by atoms with Crippen LogP contribution in [0.3, 0.4) is 0 Å². The molecule has 0 amide bonds. The zero-order chi connectivity index (χ0) is 16.2. The monoisotopic (exact) mass is 325 g/mol. The van der Waals surface area contributed by atoms with E-state index in [2.05, 4.69) is 11.6 Å². The van der Waals surface area contributed by atoms with Crippen molar-refractivity contribution in [1.29, 1.82) is 0 Å². The zero-order valence-corrected chi connectivity index (χ0v) is 13.4. The van der Waals surface area contributed by atoms with Crippen LogP contribution in [0.4, 0.5) is 0 Å². The van der Waals surface area contributed by atoms with Crippen LogP contribution in [-0.4, -0.2) is 12.1 Å². The number of aromatic nitrogens is 1. The lowest BCUT2D eigenvalue weighted by atomic mass is 10.2. The van der Waals surface area contributed by atoms with Gasteiger partial charge in [-0.25, -0.2) is 0 Å². The molecule has 0 unspecified atom stereocenters. The summed E-state index contributed by atoms with van der Waals surface area (Å²) >= 11 is 1.32. The quantitative estimate of drug-likeness (QED) is 0.802. The number of aromatic amines is 1. The summed E-state index contributed by atoms with van der Waals surface area (Å²) in [6, 6.07) is 15.0. The number of hydrogen-bond donors (Lipinski definition) is 1. The standard InChI is InChI=1S/C18H15NO3S/c1-12-19-18(20)17(23-12)11-13-7-3-4-8-14(13)22-16-10-6-5-9-15(16)21-2/h3-11H,1H2,2H3,(H,19,20)/b17-11-. The highest BCUT2D eigenvalue weighted by molar-refractivity contribution is 7.07. The van der Waals surface area contributed by atoms with Crippen molar-refractivity contribution in [3.8, 4) is 17.2 Å². The molecule has 2 aromatic carbocycles. The first-order chi connectivity index (χ1) is 11.2. The van der Waals surface area contributed by atoms with E-state index in [9.17, 15) is 4.79 Å². The van der Waals surface area contributed by atoms with E-state index >= 15 is 0 Å². The van der Waals surface area contributed by atoms with Crippen LogP contribution in [0, 0.1) is 0 Å². The minimum absolute atomic E-state index is 0.146. The Morgan fingerprint density at radius 3 is 2.35 bits per heavy atom. The molecule has 1 N–H and O–H groups in total. The number of benzene rings is 2. The van der Waals surface area contributed by atoms with Crippen molar-refractivity contribution in [3.05, 3.63) is 73.6 Å². The van der Waals surface area contributed by atoms with E-state index in [1.54, 1.807) is 13.2 Å². The lowest BCUT2D eigenvalue weighted by Crippen LogP contribution is -2.19. The van der Waals surface area contributed by atoms with Crippen molar-refractivity contribution in [2.75, 3.05) is 7.11 Å². The molecule has 5 heteroatoms. The predicted molar refractivity (Wildman–Crippen MR) is 92.8 cm³/mol. The molecule has 0 aliphatic heterocycles. The molecule has 0 fully saturated rings. The average Bonchev–Trinajstić information content (AvgIpc) is 2.87. The second-order valence-electron chi connectivity index (χ2n) is 4.78. The van der Waals surface area contributed by atoms with Gasteiger partial charge >= 0.3 is 0 Å². The molecule has 3 aromatic rings. The van der Waals surface area contributed by atoms with Gasteiger partial charge in [0.15, 0.2) is 11.5 Å². The highest BCUT2D eigenvalue weighted by atomic mass is 32.1. The van der Waals surface area contributed by atoms with Gasteiger partial charge in [-0.3, -0.25) is 4.79 Å². The summed E-state index contributed by atoms with van der Waals surface area (Å²) in [6.07, 6.45) is 1.79. The molecule has 0 saturated carbocycles. The van der Waals surface area contributed by atoms with Gasteiger partial charge in [-0.2, -0.15) is 0 Å². The summed E-state index contributed by atoms with van der Waals surface area (Å²) in [5.41, 5.74) is 0.665. The lowest BCUT2D eigenvalue weighted by molar-refractivity contribution is 0.378. The lowest BCUT2D eigenvalue weighted by Gasteiger charge is -2.11. The predicted octanol–water partition coefficient (Wildman–Crippen LogP) is 2.48. The second kappa shape index (κ2) is 6.54. The molecule has 0 radical (unpaired) electrons. The van der Waals surface area contributed by atoms with E-state index < -0.39 is 0 Å². The van der Waals surface area contributed by atoms with E-state index in [-0.39, 0.29) is 5.56 Å². The summed E-state index contributed by atoms with van der Waals surface area (Å²) in [7, 11) is 1.60. The molecular weight excluding hydrogens is 310 g/mol. The number of H-pyrrole nitrogens is 1. The Morgan fingerprint density at radius 1 is 1.04 bits per heavy atom. The molecule has 0 aliphatic carbocycles. The fourth-order valence-corrected chi connectivity index (χ4v) is 2.88. The zero-order valence-electron chi connectivity index (χ0n) is 12.5. The molecule has 23 heavy (non-hydrogen) atoms. The van der Waals surface area contributed by atoms with E-state index in [1.807, 2.05) is 48.5 Å². The first-order valence-electron chi connectivity index (χ1n) is 6.97. The fourth-order valence-electron chi connectivity index (χ4n) is 2.14. The number of ether oxygens (including phenoxy) is 2. The maximum atomic E-state index is 11.8. The summed E-state index contributed by atoms with van der Waals surface area (Å²) < 4.78 is 12.5. The summed E-state index contributed by atoms with van der Waals surface area (Å²) in [5, 5.41) is 0. The molecule has 3 rings (SSSR count). The first kappa shape index (κ1) is 15.1. The van der Waals surface area contributed by atoms with Gasteiger partial charge in [-0.15, -0.1) is 11.3 Å². The summed E-state index contributed by atoms with van der Waals surface area (Å²) in [6.45, 7) is 3.75. The van der Waals surface area contributed by atoms with Gasteiger partial charge in [-0.1, -0.05) is 36.9 Å². The molecular formula is C18H15NO3S. The van der Waals surface area contributed by atoms with Crippen LogP contribution in [0.5, 0.6) is 17.2 Å². The Labute approximate surface area is 137 Å². The normalized spacial score (nSPS) is 11.4. The number of methoxy groups -OCH3 is 1. The van der Waals surface area contributed by atoms with Gasteiger partial charge in [0.2, 0.25) is 0 Å². The van der Waals surface area contributed by atoms with Crippen LogP contribution in [-0.2, 0) is 0 Å². The van der Waals surface area contributed by atoms with Crippen LogP contribution >= 0.6 is 11.3 Å². The Hall–Kier alpha value is -2.79. The SMILES string of the molecule is C=c1[nH]c(=O)/c(=C/c2ccccc2Oc2ccccc2OC)s1. The van der Waals surface area contributed by atoms with Gasteiger partial charge in [0.25, 0.3) is 5.56 Å². The third-order valence-corrected chi connectivity index (χ3v) is 4.08. The third kappa shape index (κ3) is 3.35. The van der Waals surface area contributed by atoms with Crippen LogP contribution in [0.1, 0.15) is 5.56 Å². The Bertz CT molecular complexity index is 988. The number of nitrogens with one attached hydrogen (secondary N) is 1. The molecule has 0 aliphatic rings. The summed E-state index contributed by atoms with van der Waals surface area (Å²) in [5.74, 6) is 1.92. The van der Waals surface area contributed by atoms with Crippen molar-refractivity contribution in [1.82, 2.24) is 4.98 Å². The van der Waals surface area contributed by atoms with Gasteiger partial charge in [0, 0.05) is 5.56 Å². The van der Waals surface area contributed by atoms with Gasteiger partial charge < -0.3 is 14.5 Å². The van der Waals surface area contributed by atoms with Crippen LogP contribution in [0.2, 0.25) is 0 Å². The summed E-state index contributed by atoms with van der Waals surface area (Å²) in [4.78, 5) is 14.5. The van der Waals surface area contributed by atoms with Crippen molar-refractivity contribution in [2.45, 2.75) is 0 Å². The highest BCUT2D eigenvalue weighted by Crippen LogP contribution is 2.32. The fraction of sp³-hybridized carbons (Fsp3) is 0.0556. The Balaban J connectivity index is 2.05. The van der Waals surface area contributed by atoms with Crippen LogP contribution < -0.4 is 24.2 Å². The molecule has 1 heterocycles. The number of para-hydroxylation sites is 3. The molecule has 0 spiro atoms. The van der Waals surface area contributed by atoms with E-state index in [4.69, 9.17) is 9.47 Å². The number of hydrogen-bond acceptors (Lipinski definition) is 4. The molecule has 0 bridgehead atoms. The van der Waals surface area contributed by atoms with Crippen molar-refractivity contribution in [2.24, 2.45) is 0 Å². The molecule has 1 aromatic heterocycles. The largest absolute Gasteiger partial charge is 0.493 e. The van der Waals surface area contributed by atoms with Crippen molar-refractivity contribution < 1.29 is 9.47 Å². The minimum atomic E-state index is -0.146. The van der Waals surface area contributed by atoms with Crippen LogP contribution in [0.15, 0.2) is 53.3 Å². The topological polar surface area (TPSA) is 51.3 Å². The van der Waals surface area contributed by atoms with Gasteiger partial charge in [0.05, 0.1) is 16.3 Å². The molecule has 116 valence electrons. The smallest absolute Gasteiger partial charge is 0.266 e. The van der Waals surface area contributed by atoms with E-state index in [0.29, 0.717) is 26.4 Å². The Morgan fingerprint density at radius 2 is 1.70 bits per heavy atom. The maximum Gasteiger partial charge on any atom is 0.266 e. The second-order valence-corrected chi connectivity index (χ2v) is 5.92.